The molecule has 1 atom stereocenters. The van der Waals surface area contributed by atoms with E-state index in [1.807, 2.05) is 6.08 Å². The van der Waals surface area contributed by atoms with Gasteiger partial charge in [-0.2, -0.15) is 0 Å². The second-order valence-electron chi connectivity index (χ2n) is 7.21. The topological polar surface area (TPSA) is 69.1 Å². The number of rotatable bonds is 2. The van der Waals surface area contributed by atoms with E-state index in [-0.39, 0.29) is 5.78 Å². The Morgan fingerprint density at radius 1 is 1.00 bits per heavy atom. The second-order valence-corrected chi connectivity index (χ2v) is 13.1. The van der Waals surface area contributed by atoms with Crippen molar-refractivity contribution in [2.75, 3.05) is 8.86 Å². The first-order valence-corrected chi connectivity index (χ1v) is 12.8. The van der Waals surface area contributed by atoms with Gasteiger partial charge in [0.1, 0.15) is 0 Å². The van der Waals surface area contributed by atoms with Crippen LogP contribution in [-0.2, 0) is 4.79 Å². The maximum atomic E-state index is 11.6. The van der Waals surface area contributed by atoms with E-state index >= 15 is 0 Å². The van der Waals surface area contributed by atoms with Gasteiger partial charge in [-0.25, -0.2) is 0 Å². The molecule has 3 aliphatic rings. The Hall–Kier alpha value is -0.360. The van der Waals surface area contributed by atoms with Crippen molar-refractivity contribution < 1.29 is 4.79 Å². The van der Waals surface area contributed by atoms with Crippen molar-refractivity contribution in [2.45, 2.75) is 51.5 Å². The van der Waals surface area contributed by atoms with Crippen LogP contribution in [0.1, 0.15) is 45.4 Å². The van der Waals surface area contributed by atoms with Crippen LogP contribution >= 0.6 is 19.8 Å². The van der Waals surface area contributed by atoms with E-state index in [1.54, 1.807) is 6.08 Å². The van der Waals surface area contributed by atoms with Crippen molar-refractivity contribution in [3.05, 3.63) is 21.4 Å². The molecule has 4 heteroatoms. The summed E-state index contributed by atoms with van der Waals surface area (Å²) >= 11 is -1.19. The summed E-state index contributed by atoms with van der Waals surface area (Å²) in [7, 11) is 0. The zero-order valence-corrected chi connectivity index (χ0v) is 15.7. The molecule has 0 amide bonds. The van der Waals surface area contributed by atoms with Crippen molar-refractivity contribution >= 4 is 25.6 Å². The number of ketones is 1. The molecule has 0 spiro atoms. The molecule has 3 rings (SSSR count). The van der Waals surface area contributed by atoms with Crippen molar-refractivity contribution in [1.82, 2.24) is 0 Å². The van der Waals surface area contributed by atoms with E-state index in [4.69, 9.17) is 11.5 Å². The fourth-order valence-corrected chi connectivity index (χ4v) is 10.8. The molecule has 124 valence electrons. The van der Waals surface area contributed by atoms with Crippen LogP contribution in [0.3, 0.4) is 0 Å². The van der Waals surface area contributed by atoms with Crippen LogP contribution in [0.5, 0.6) is 0 Å². The van der Waals surface area contributed by atoms with Gasteiger partial charge in [-0.15, -0.1) is 0 Å². The summed E-state index contributed by atoms with van der Waals surface area (Å²) in [5.74, 6) is 2.83. The summed E-state index contributed by atoms with van der Waals surface area (Å²) in [6, 6.07) is -0.574. The van der Waals surface area contributed by atoms with Crippen LogP contribution in [0.4, 0.5) is 0 Å². The number of hydrogen-bond donors (Lipinski definition) is 2. The minimum absolute atomic E-state index is 0.0386. The summed E-state index contributed by atoms with van der Waals surface area (Å²) in [6.07, 6.45) is 12.2. The first-order valence-electron chi connectivity index (χ1n) is 8.65. The molecule has 0 aromatic heterocycles. The van der Waals surface area contributed by atoms with E-state index in [2.05, 4.69) is 6.92 Å². The molecule has 1 heterocycles. The third kappa shape index (κ3) is 3.42. The van der Waals surface area contributed by atoms with Crippen molar-refractivity contribution in [3.63, 3.8) is 0 Å². The van der Waals surface area contributed by atoms with Crippen LogP contribution in [0, 0.1) is 17.8 Å². The molecule has 1 unspecified atom stereocenters. The maximum absolute atomic E-state index is 11.6. The number of carbonyl (C=O) groups is 1. The Balaban J connectivity index is 1.58. The monoisotopic (exact) mass is 416 g/mol. The molecule has 0 radical (unpaired) electrons. The summed E-state index contributed by atoms with van der Waals surface area (Å²) in [4.78, 5) is 11.6. The molecule has 0 bridgehead atoms. The van der Waals surface area contributed by atoms with Gasteiger partial charge < -0.3 is 0 Å². The molecule has 0 aromatic carbocycles. The number of hydrogen-bond acceptors (Lipinski definition) is 3. The van der Waals surface area contributed by atoms with E-state index in [0.717, 1.165) is 17.8 Å². The third-order valence-electron chi connectivity index (χ3n) is 5.74. The van der Waals surface area contributed by atoms with Crippen LogP contribution in [0.2, 0.25) is 0 Å². The Bertz CT molecular complexity index is 483. The third-order valence-corrected chi connectivity index (χ3v) is 12.2. The van der Waals surface area contributed by atoms with Gasteiger partial charge in [0.25, 0.3) is 0 Å². The molecule has 1 saturated heterocycles. The normalized spacial score (nSPS) is 36.0. The number of halogens is 1. The van der Waals surface area contributed by atoms with E-state index in [9.17, 15) is 4.79 Å². The van der Waals surface area contributed by atoms with Gasteiger partial charge in [0.2, 0.25) is 0 Å². The first-order chi connectivity index (χ1) is 10.6. The van der Waals surface area contributed by atoms with Crippen LogP contribution < -0.4 is 11.5 Å². The number of carbonyl (C=O) groups excluding carboxylic acids is 1. The minimum atomic E-state index is -1.19. The van der Waals surface area contributed by atoms with E-state index in [0.29, 0.717) is 5.70 Å². The standard InChI is InChI=1S/C18H29IN2O/c1-12-2-4-13(5-3-12)14-8-10-19(11-9-14)15-6-7-16(22)18(21)17(15)20/h6-7,12-14,18H,2-5,8-11,20-21H2,1H3. The molecule has 4 N–H and O–H groups in total. The van der Waals surface area contributed by atoms with Gasteiger partial charge in [-0.3, -0.25) is 0 Å². The Morgan fingerprint density at radius 3 is 2.23 bits per heavy atom. The summed E-state index contributed by atoms with van der Waals surface area (Å²) in [5, 5.41) is 0. The first kappa shape index (κ1) is 16.5. The van der Waals surface area contributed by atoms with Gasteiger partial charge in [-0.05, 0) is 0 Å². The molecule has 3 nitrogen and oxygen atoms in total. The quantitative estimate of drug-likeness (QED) is 0.536. The Kier molecular flexibility index (Phi) is 5.28. The van der Waals surface area contributed by atoms with E-state index in [1.165, 1.54) is 51.0 Å². The predicted molar refractivity (Wildman–Crippen MR) is 101 cm³/mol. The van der Waals surface area contributed by atoms with Gasteiger partial charge in [0.05, 0.1) is 0 Å². The molecule has 1 aliphatic heterocycles. The molecule has 2 aliphatic carbocycles. The fraction of sp³-hybridized carbons (Fsp3) is 0.722. The van der Waals surface area contributed by atoms with E-state index < -0.39 is 25.9 Å². The SMILES string of the molecule is CC1CCC(C2CCI(C3=C(N)C(N)C(=O)C=C3)CC2)CC1. The number of nitrogens with two attached hydrogens (primary N) is 2. The van der Waals surface area contributed by atoms with Gasteiger partial charge in [-0.1, -0.05) is 0 Å². The van der Waals surface area contributed by atoms with Gasteiger partial charge >= 0.3 is 141 Å². The average molecular weight is 416 g/mol. The molecular weight excluding hydrogens is 387 g/mol. The van der Waals surface area contributed by atoms with Crippen LogP contribution in [0.25, 0.3) is 0 Å². The van der Waals surface area contributed by atoms with Gasteiger partial charge in [0, 0.05) is 0 Å². The van der Waals surface area contributed by atoms with Crippen molar-refractivity contribution in [1.29, 1.82) is 0 Å². The fourth-order valence-electron chi connectivity index (χ4n) is 4.12. The summed E-state index contributed by atoms with van der Waals surface area (Å²) < 4.78 is 4.02. The molecule has 1 saturated carbocycles. The number of allylic oxidation sites excluding steroid dienone is 2. The van der Waals surface area contributed by atoms with Crippen LogP contribution in [-0.4, -0.2) is 20.7 Å². The molecule has 22 heavy (non-hydrogen) atoms. The molecule has 0 aromatic rings. The van der Waals surface area contributed by atoms with Gasteiger partial charge in [0.15, 0.2) is 0 Å². The van der Waals surface area contributed by atoms with Crippen molar-refractivity contribution in [3.8, 4) is 0 Å². The predicted octanol–water partition coefficient (Wildman–Crippen LogP) is 3.37. The molecule has 2 fully saturated rings. The average Bonchev–Trinajstić information content (AvgIpc) is 2.54. The summed E-state index contributed by atoms with van der Waals surface area (Å²) in [6.45, 7) is 2.40. The zero-order valence-electron chi connectivity index (χ0n) is 13.6. The zero-order chi connectivity index (χ0) is 15.7. The summed E-state index contributed by atoms with van der Waals surface area (Å²) in [5.41, 5.74) is 12.8. The Labute approximate surface area is 141 Å². The number of alkyl halides is 2. The second kappa shape index (κ2) is 7.04. The van der Waals surface area contributed by atoms with Crippen LogP contribution in [0.15, 0.2) is 21.4 Å². The Morgan fingerprint density at radius 2 is 1.59 bits per heavy atom. The van der Waals surface area contributed by atoms with Crippen molar-refractivity contribution in [2.24, 2.45) is 29.2 Å². The molecular formula is C18H29IN2O.